The third-order valence-electron chi connectivity index (χ3n) is 3.76. The molecule has 1 aliphatic rings. The first-order chi connectivity index (χ1) is 7.44. The summed E-state index contributed by atoms with van der Waals surface area (Å²) < 4.78 is 5.92. The third kappa shape index (κ3) is 4.56. The molecule has 2 nitrogen and oxygen atoms in total. The summed E-state index contributed by atoms with van der Waals surface area (Å²) in [5.74, 6) is 0.931. The van der Waals surface area contributed by atoms with Gasteiger partial charge < -0.3 is 9.33 Å². The molecule has 0 bridgehead atoms. The predicted molar refractivity (Wildman–Crippen MR) is 73.3 cm³/mol. The van der Waals surface area contributed by atoms with Crippen LogP contribution in [0.25, 0.3) is 0 Å². The average Bonchev–Trinajstić information content (AvgIpc) is 2.17. The predicted octanol–water partition coefficient (Wildman–Crippen LogP) is 3.35. The standard InChI is InChI=1S/C13H29NOSi/c1-6-15-16(4,5)11-13(3)14-9-7-12(2)8-10-14/h12-13H,6-11H2,1-5H3. The minimum Gasteiger partial charge on any atom is -0.418 e. The Kier molecular flexibility index (Phi) is 5.48. The van der Waals surface area contributed by atoms with Crippen LogP contribution in [-0.4, -0.2) is 39.0 Å². The number of hydrogen-bond acceptors (Lipinski definition) is 2. The second-order valence-electron chi connectivity index (χ2n) is 5.96. The van der Waals surface area contributed by atoms with Gasteiger partial charge in [0.15, 0.2) is 8.32 Å². The van der Waals surface area contributed by atoms with Gasteiger partial charge >= 0.3 is 0 Å². The first-order valence-electron chi connectivity index (χ1n) is 6.82. The number of rotatable bonds is 5. The molecule has 1 atom stereocenters. The fourth-order valence-electron chi connectivity index (χ4n) is 2.76. The molecule has 96 valence electrons. The van der Waals surface area contributed by atoms with Crippen molar-refractivity contribution in [3.63, 3.8) is 0 Å². The molecule has 0 amide bonds. The summed E-state index contributed by atoms with van der Waals surface area (Å²) in [6, 6.07) is 1.98. The first-order valence-corrected chi connectivity index (χ1v) is 9.94. The van der Waals surface area contributed by atoms with Crippen molar-refractivity contribution < 1.29 is 4.43 Å². The van der Waals surface area contributed by atoms with Crippen LogP contribution in [0.15, 0.2) is 0 Å². The first kappa shape index (κ1) is 14.2. The molecule has 16 heavy (non-hydrogen) atoms. The molecule has 0 aromatic carbocycles. The number of nitrogens with zero attached hydrogens (tertiary/aromatic N) is 1. The Morgan fingerprint density at radius 2 is 1.88 bits per heavy atom. The topological polar surface area (TPSA) is 12.5 Å². The zero-order valence-corrected chi connectivity index (χ0v) is 12.8. The van der Waals surface area contributed by atoms with Crippen molar-refractivity contribution in [1.82, 2.24) is 4.90 Å². The van der Waals surface area contributed by atoms with Crippen LogP contribution < -0.4 is 0 Å². The third-order valence-corrected chi connectivity index (χ3v) is 6.41. The van der Waals surface area contributed by atoms with E-state index in [1.165, 1.54) is 32.0 Å². The number of likely N-dealkylation sites (tertiary alicyclic amines) is 1. The highest BCUT2D eigenvalue weighted by Gasteiger charge is 2.29. The fourth-order valence-corrected chi connectivity index (χ4v) is 5.34. The van der Waals surface area contributed by atoms with Crippen LogP contribution in [-0.2, 0) is 4.43 Å². The maximum Gasteiger partial charge on any atom is 0.188 e. The zero-order chi connectivity index (χ0) is 12.2. The lowest BCUT2D eigenvalue weighted by Crippen LogP contribution is -2.44. The Labute approximate surface area is 102 Å². The van der Waals surface area contributed by atoms with Crippen molar-refractivity contribution in [2.24, 2.45) is 5.92 Å². The van der Waals surface area contributed by atoms with E-state index in [2.05, 4.69) is 38.8 Å². The van der Waals surface area contributed by atoms with E-state index in [0.29, 0.717) is 6.04 Å². The zero-order valence-electron chi connectivity index (χ0n) is 11.8. The van der Waals surface area contributed by atoms with E-state index >= 15 is 0 Å². The number of hydrogen-bond donors (Lipinski definition) is 0. The van der Waals surface area contributed by atoms with Crippen molar-refractivity contribution in [3.8, 4) is 0 Å². The second kappa shape index (κ2) is 6.17. The van der Waals surface area contributed by atoms with Gasteiger partial charge in [-0.3, -0.25) is 0 Å². The summed E-state index contributed by atoms with van der Waals surface area (Å²) >= 11 is 0. The van der Waals surface area contributed by atoms with Gasteiger partial charge in [-0.05, 0) is 64.8 Å². The van der Waals surface area contributed by atoms with Crippen LogP contribution >= 0.6 is 0 Å². The van der Waals surface area contributed by atoms with Crippen molar-refractivity contribution in [1.29, 1.82) is 0 Å². The van der Waals surface area contributed by atoms with E-state index in [9.17, 15) is 0 Å². The molecule has 0 saturated carbocycles. The van der Waals surface area contributed by atoms with Crippen molar-refractivity contribution in [2.75, 3.05) is 19.7 Å². The SMILES string of the molecule is CCO[Si](C)(C)CC(C)N1CCC(C)CC1. The molecule has 1 saturated heterocycles. The molecule has 0 aromatic rings. The van der Waals surface area contributed by atoms with Crippen LogP contribution in [0.4, 0.5) is 0 Å². The van der Waals surface area contributed by atoms with Crippen LogP contribution in [0.2, 0.25) is 19.1 Å². The summed E-state index contributed by atoms with van der Waals surface area (Å²) in [5.41, 5.74) is 0. The molecule has 0 spiro atoms. The molecule has 1 aliphatic heterocycles. The Morgan fingerprint density at radius 1 is 1.31 bits per heavy atom. The second-order valence-corrected chi connectivity index (χ2v) is 10.2. The van der Waals surface area contributed by atoms with Gasteiger partial charge in [-0.2, -0.15) is 0 Å². The Balaban J connectivity index is 2.36. The van der Waals surface area contributed by atoms with E-state index in [1.54, 1.807) is 0 Å². The fraction of sp³-hybridized carbons (Fsp3) is 1.00. The average molecular weight is 243 g/mol. The highest BCUT2D eigenvalue weighted by Crippen LogP contribution is 2.23. The van der Waals surface area contributed by atoms with E-state index in [1.807, 2.05) is 0 Å². The van der Waals surface area contributed by atoms with Crippen LogP contribution in [0.5, 0.6) is 0 Å². The van der Waals surface area contributed by atoms with Crippen LogP contribution in [0.3, 0.4) is 0 Å². The molecular weight excluding hydrogens is 214 g/mol. The van der Waals surface area contributed by atoms with Crippen LogP contribution in [0.1, 0.15) is 33.6 Å². The normalized spacial score (nSPS) is 22.3. The molecule has 1 rings (SSSR count). The molecular formula is C13H29NOSi. The maximum absolute atomic E-state index is 5.92. The Morgan fingerprint density at radius 3 is 2.38 bits per heavy atom. The van der Waals surface area contributed by atoms with Gasteiger partial charge in [0.1, 0.15) is 0 Å². The molecule has 1 heterocycles. The van der Waals surface area contributed by atoms with Gasteiger partial charge in [-0.25, -0.2) is 0 Å². The Hall–Kier alpha value is 0.137. The lowest BCUT2D eigenvalue weighted by molar-refractivity contribution is 0.151. The minimum atomic E-state index is -1.41. The summed E-state index contributed by atoms with van der Waals surface area (Å²) in [6.07, 6.45) is 2.75. The van der Waals surface area contributed by atoms with Gasteiger partial charge in [0.25, 0.3) is 0 Å². The van der Waals surface area contributed by atoms with Gasteiger partial charge in [0.2, 0.25) is 0 Å². The Bertz CT molecular complexity index is 200. The van der Waals surface area contributed by atoms with E-state index < -0.39 is 8.32 Å². The van der Waals surface area contributed by atoms with Crippen LogP contribution in [0, 0.1) is 5.92 Å². The summed E-state index contributed by atoms with van der Waals surface area (Å²) in [5, 5.41) is 0. The highest BCUT2D eigenvalue weighted by molar-refractivity contribution is 6.71. The molecule has 3 heteroatoms. The molecule has 0 N–H and O–H groups in total. The van der Waals surface area contributed by atoms with Crippen molar-refractivity contribution in [2.45, 2.75) is 58.8 Å². The maximum atomic E-state index is 5.92. The van der Waals surface area contributed by atoms with Crippen molar-refractivity contribution in [3.05, 3.63) is 0 Å². The molecule has 0 radical (unpaired) electrons. The van der Waals surface area contributed by atoms with Gasteiger partial charge in [-0.1, -0.05) is 6.92 Å². The van der Waals surface area contributed by atoms with Gasteiger partial charge in [0, 0.05) is 12.6 Å². The largest absolute Gasteiger partial charge is 0.418 e. The number of piperidine rings is 1. The summed E-state index contributed by atoms with van der Waals surface area (Å²) in [6.45, 7) is 15.0. The highest BCUT2D eigenvalue weighted by atomic mass is 28.4. The molecule has 0 aliphatic carbocycles. The van der Waals surface area contributed by atoms with Crippen molar-refractivity contribution >= 4 is 8.32 Å². The lowest BCUT2D eigenvalue weighted by atomic mass is 9.98. The smallest absolute Gasteiger partial charge is 0.188 e. The summed E-state index contributed by atoms with van der Waals surface area (Å²) in [4.78, 5) is 2.66. The monoisotopic (exact) mass is 243 g/mol. The van der Waals surface area contributed by atoms with E-state index in [4.69, 9.17) is 4.43 Å². The molecule has 1 unspecified atom stereocenters. The van der Waals surface area contributed by atoms with Gasteiger partial charge in [-0.15, -0.1) is 0 Å². The van der Waals surface area contributed by atoms with E-state index in [-0.39, 0.29) is 0 Å². The minimum absolute atomic E-state index is 0.709. The molecule has 1 fully saturated rings. The van der Waals surface area contributed by atoms with Gasteiger partial charge in [0.05, 0.1) is 0 Å². The quantitative estimate of drug-likeness (QED) is 0.687. The lowest BCUT2D eigenvalue weighted by Gasteiger charge is -2.37. The summed E-state index contributed by atoms with van der Waals surface area (Å²) in [7, 11) is -1.41. The van der Waals surface area contributed by atoms with E-state index in [0.717, 1.165) is 12.5 Å². The molecule has 0 aromatic heterocycles.